The zero-order valence-electron chi connectivity index (χ0n) is 24.2. The Morgan fingerprint density at radius 3 is 2.30 bits per heavy atom. The molecule has 4 saturated carbocycles. The van der Waals surface area contributed by atoms with E-state index in [-0.39, 0.29) is 39.5 Å². The first-order valence-corrected chi connectivity index (χ1v) is 14.7. The third kappa shape index (κ3) is 3.50. The number of ether oxygens (including phenoxy) is 1. The second kappa shape index (κ2) is 8.18. The third-order valence-corrected chi connectivity index (χ3v) is 13.1. The summed E-state index contributed by atoms with van der Waals surface area (Å²) in [6, 6.07) is 0. The van der Waals surface area contributed by atoms with Crippen LogP contribution in [-0.4, -0.2) is 29.4 Å². The fourth-order valence-electron chi connectivity index (χ4n) is 10.6. The number of carboxylic acids is 1. The quantitative estimate of drug-likeness (QED) is 0.326. The van der Waals surface area contributed by atoms with Gasteiger partial charge in [-0.1, -0.05) is 53.2 Å². The molecule has 5 nitrogen and oxygen atoms in total. The van der Waals surface area contributed by atoms with Crippen LogP contribution in [0.15, 0.2) is 11.6 Å². The van der Waals surface area contributed by atoms with E-state index in [4.69, 9.17) is 4.74 Å². The summed E-state index contributed by atoms with van der Waals surface area (Å²) in [6.07, 6.45) is 10.9. The maximum atomic E-state index is 13.1. The highest BCUT2D eigenvalue weighted by Crippen LogP contribution is 2.75. The van der Waals surface area contributed by atoms with Crippen molar-refractivity contribution in [3.05, 3.63) is 11.6 Å². The standard InChI is InChI=1S/C32H48O5/c1-20(33)37-19-32-13-11-25(34)28(4,5)23(32)10-12-30(7)24(32)9-8-21-22-18-27(2,3)14-16-31(22,26(35)36)17-15-29(21,30)6/h8,22-24H,9-19H2,1-7H3,(H,35,36)/t22-,23-,24-,29+,30+,31-,32+/m0/s1. The molecule has 4 fully saturated rings. The number of esters is 1. The van der Waals surface area contributed by atoms with E-state index in [0.717, 1.165) is 57.8 Å². The molecule has 5 aliphatic carbocycles. The van der Waals surface area contributed by atoms with Gasteiger partial charge >= 0.3 is 11.9 Å². The zero-order valence-corrected chi connectivity index (χ0v) is 24.2. The highest BCUT2D eigenvalue weighted by molar-refractivity contribution is 5.85. The molecule has 5 rings (SSSR count). The van der Waals surface area contributed by atoms with E-state index < -0.39 is 16.8 Å². The number of ketones is 1. The first-order valence-electron chi connectivity index (χ1n) is 14.7. The van der Waals surface area contributed by atoms with Crippen LogP contribution >= 0.6 is 0 Å². The van der Waals surface area contributed by atoms with Crippen LogP contribution in [0.1, 0.15) is 113 Å². The van der Waals surface area contributed by atoms with E-state index >= 15 is 0 Å². The minimum atomic E-state index is -0.643. The summed E-state index contributed by atoms with van der Waals surface area (Å²) in [4.78, 5) is 38.0. The fourth-order valence-corrected chi connectivity index (χ4v) is 10.6. The molecule has 0 bridgehead atoms. The summed E-state index contributed by atoms with van der Waals surface area (Å²) in [5.41, 5.74) is 0.124. The van der Waals surface area contributed by atoms with Gasteiger partial charge in [0.25, 0.3) is 0 Å². The Bertz CT molecular complexity index is 1050. The number of carbonyl (C=O) groups is 3. The average Bonchev–Trinajstić information content (AvgIpc) is 2.80. The number of hydrogen-bond donors (Lipinski definition) is 1. The molecule has 0 saturated heterocycles. The number of allylic oxidation sites excluding steroid dienone is 2. The zero-order chi connectivity index (χ0) is 27.2. The second-order valence-electron chi connectivity index (χ2n) is 15.3. The number of carbonyl (C=O) groups excluding carboxylic acids is 2. The molecule has 0 aromatic heterocycles. The van der Waals surface area contributed by atoms with Crippen molar-refractivity contribution in [1.82, 2.24) is 0 Å². The van der Waals surface area contributed by atoms with Gasteiger partial charge in [-0.05, 0) is 91.8 Å². The number of aliphatic carboxylic acids is 1. The van der Waals surface area contributed by atoms with Crippen molar-refractivity contribution < 1.29 is 24.2 Å². The molecule has 37 heavy (non-hydrogen) atoms. The van der Waals surface area contributed by atoms with Gasteiger partial charge in [0.1, 0.15) is 5.78 Å². The van der Waals surface area contributed by atoms with Gasteiger partial charge < -0.3 is 9.84 Å². The van der Waals surface area contributed by atoms with Crippen molar-refractivity contribution >= 4 is 17.7 Å². The summed E-state index contributed by atoms with van der Waals surface area (Å²) in [5.74, 6) is 0.0520. The molecule has 0 amide bonds. The molecule has 0 radical (unpaired) electrons. The van der Waals surface area contributed by atoms with Gasteiger partial charge in [-0.3, -0.25) is 14.4 Å². The first kappa shape index (κ1) is 26.9. The van der Waals surface area contributed by atoms with Gasteiger partial charge in [-0.15, -0.1) is 0 Å². The normalized spacial score (nSPS) is 45.9. The molecule has 0 unspecified atom stereocenters. The Hall–Kier alpha value is -1.65. The van der Waals surface area contributed by atoms with E-state index in [0.29, 0.717) is 24.7 Å². The van der Waals surface area contributed by atoms with Crippen LogP contribution in [-0.2, 0) is 19.1 Å². The minimum Gasteiger partial charge on any atom is -0.481 e. The van der Waals surface area contributed by atoms with Crippen molar-refractivity contribution in [1.29, 1.82) is 0 Å². The summed E-state index contributed by atoms with van der Waals surface area (Å²) in [7, 11) is 0. The highest BCUT2D eigenvalue weighted by atomic mass is 16.5. The number of rotatable bonds is 3. The van der Waals surface area contributed by atoms with Crippen molar-refractivity contribution in [3.8, 4) is 0 Å². The maximum absolute atomic E-state index is 13.1. The van der Waals surface area contributed by atoms with E-state index in [2.05, 4.69) is 47.6 Å². The molecule has 0 aliphatic heterocycles. The number of hydrogen-bond acceptors (Lipinski definition) is 4. The lowest BCUT2D eigenvalue weighted by Crippen LogP contribution is -2.66. The smallest absolute Gasteiger partial charge is 0.310 e. The van der Waals surface area contributed by atoms with Gasteiger partial charge in [0, 0.05) is 24.2 Å². The van der Waals surface area contributed by atoms with Gasteiger partial charge in [-0.2, -0.15) is 0 Å². The Morgan fingerprint density at radius 1 is 0.973 bits per heavy atom. The molecule has 5 heteroatoms. The van der Waals surface area contributed by atoms with E-state index in [9.17, 15) is 19.5 Å². The molecule has 0 aromatic rings. The first-order chi connectivity index (χ1) is 17.1. The van der Waals surface area contributed by atoms with E-state index in [1.807, 2.05) is 0 Å². The van der Waals surface area contributed by atoms with Crippen molar-refractivity contribution in [2.75, 3.05) is 6.61 Å². The Labute approximate surface area is 223 Å². The van der Waals surface area contributed by atoms with Crippen LogP contribution in [0.2, 0.25) is 0 Å². The predicted octanol–water partition coefficient (Wildman–Crippen LogP) is 6.99. The summed E-state index contributed by atoms with van der Waals surface area (Å²) < 4.78 is 5.85. The van der Waals surface area contributed by atoms with Crippen molar-refractivity contribution in [3.63, 3.8) is 0 Å². The molecule has 1 N–H and O–H groups in total. The van der Waals surface area contributed by atoms with Crippen LogP contribution in [0, 0.1) is 50.2 Å². The lowest BCUT2D eigenvalue weighted by molar-refractivity contribution is -0.208. The Balaban J connectivity index is 1.63. The summed E-state index contributed by atoms with van der Waals surface area (Å²) in [6.45, 7) is 15.6. The molecule has 5 aliphatic rings. The van der Waals surface area contributed by atoms with Crippen LogP contribution in [0.5, 0.6) is 0 Å². The maximum Gasteiger partial charge on any atom is 0.310 e. The SMILES string of the molecule is CC(=O)OC[C@]12CCC(=O)C(C)(C)[C@@H]1CC[C@]1(C)[C@@H]2CC=C2[C@@H]3CC(C)(C)CC[C@]3(C(=O)O)CC[C@]21C. The van der Waals surface area contributed by atoms with Gasteiger partial charge in [0.05, 0.1) is 12.0 Å². The minimum absolute atomic E-state index is 0.0313. The van der Waals surface area contributed by atoms with Crippen molar-refractivity contribution in [2.45, 2.75) is 113 Å². The lowest BCUT2D eigenvalue weighted by atomic mass is 9.33. The van der Waals surface area contributed by atoms with Gasteiger partial charge in [0.15, 0.2) is 0 Å². The van der Waals surface area contributed by atoms with Crippen LogP contribution in [0.3, 0.4) is 0 Å². The molecule has 0 heterocycles. The van der Waals surface area contributed by atoms with Crippen molar-refractivity contribution in [2.24, 2.45) is 50.2 Å². The predicted molar refractivity (Wildman–Crippen MR) is 143 cm³/mol. The summed E-state index contributed by atoms with van der Waals surface area (Å²) in [5, 5.41) is 10.6. The Kier molecular flexibility index (Phi) is 5.95. The monoisotopic (exact) mass is 512 g/mol. The molecule has 206 valence electrons. The average molecular weight is 513 g/mol. The van der Waals surface area contributed by atoms with Crippen LogP contribution in [0.4, 0.5) is 0 Å². The molecule has 7 atom stereocenters. The fraction of sp³-hybridized carbons (Fsp3) is 0.844. The van der Waals surface area contributed by atoms with Crippen LogP contribution < -0.4 is 0 Å². The van der Waals surface area contributed by atoms with E-state index in [1.165, 1.54) is 12.5 Å². The number of Topliss-reactive ketones (excluding diaryl/α,β-unsaturated/α-hetero) is 1. The summed E-state index contributed by atoms with van der Waals surface area (Å²) >= 11 is 0. The molecular formula is C32H48O5. The topological polar surface area (TPSA) is 80.7 Å². The molecule has 0 aromatic carbocycles. The van der Waals surface area contributed by atoms with Gasteiger partial charge in [-0.25, -0.2) is 0 Å². The lowest BCUT2D eigenvalue weighted by Gasteiger charge is -2.70. The Morgan fingerprint density at radius 2 is 1.65 bits per heavy atom. The molecular weight excluding hydrogens is 464 g/mol. The number of fused-ring (bicyclic) bond motifs is 7. The highest BCUT2D eigenvalue weighted by Gasteiger charge is 2.70. The number of carboxylic acid groups (broad SMARTS) is 1. The second-order valence-corrected chi connectivity index (χ2v) is 15.3. The largest absolute Gasteiger partial charge is 0.481 e. The van der Waals surface area contributed by atoms with Gasteiger partial charge in [0.2, 0.25) is 0 Å². The van der Waals surface area contributed by atoms with E-state index in [1.54, 1.807) is 0 Å². The van der Waals surface area contributed by atoms with Crippen LogP contribution in [0.25, 0.3) is 0 Å². The molecule has 0 spiro atoms. The third-order valence-electron chi connectivity index (χ3n) is 13.1.